The van der Waals surface area contributed by atoms with Gasteiger partial charge in [-0.25, -0.2) is 4.39 Å². The van der Waals surface area contributed by atoms with E-state index >= 15 is 0 Å². The maximum Gasteiger partial charge on any atom is 0.234 e. The zero-order valence-electron chi connectivity index (χ0n) is 11.0. The normalized spacial score (nSPS) is 18.7. The average molecular weight is 251 g/mol. The van der Waals surface area contributed by atoms with Gasteiger partial charge in [-0.05, 0) is 37.5 Å². The molecule has 1 amide bonds. The van der Waals surface area contributed by atoms with Crippen molar-refractivity contribution < 1.29 is 14.3 Å². The van der Waals surface area contributed by atoms with Gasteiger partial charge in [0.2, 0.25) is 5.91 Å². The molecule has 1 aromatic rings. The van der Waals surface area contributed by atoms with Gasteiger partial charge in [-0.1, -0.05) is 13.8 Å². The summed E-state index contributed by atoms with van der Waals surface area (Å²) in [5.74, 6) is -0.634. The molecule has 4 heteroatoms. The van der Waals surface area contributed by atoms with Crippen molar-refractivity contribution >= 4 is 11.6 Å². The lowest BCUT2D eigenvalue weighted by Crippen LogP contribution is -2.26. The lowest BCUT2D eigenvalue weighted by atomic mass is 9.84. The van der Waals surface area contributed by atoms with E-state index in [0.717, 1.165) is 0 Å². The van der Waals surface area contributed by atoms with Gasteiger partial charge in [0.1, 0.15) is 5.82 Å². The number of halogens is 1. The van der Waals surface area contributed by atoms with E-state index < -0.39 is 17.3 Å². The van der Waals surface area contributed by atoms with E-state index in [2.05, 4.69) is 5.32 Å². The summed E-state index contributed by atoms with van der Waals surface area (Å²) in [6.45, 7) is 7.20. The largest absolute Gasteiger partial charge is 0.388 e. The number of aliphatic hydroxyl groups excluding tert-OH is 1. The van der Waals surface area contributed by atoms with E-state index in [9.17, 15) is 14.3 Å². The van der Waals surface area contributed by atoms with E-state index in [1.54, 1.807) is 13.8 Å². The molecule has 1 unspecified atom stereocenters. The average Bonchev–Trinajstić information content (AvgIpc) is 2.49. The van der Waals surface area contributed by atoms with Crippen molar-refractivity contribution in [1.82, 2.24) is 0 Å². The number of hydrogen-bond acceptors (Lipinski definition) is 2. The highest BCUT2D eigenvalue weighted by atomic mass is 19.1. The number of anilines is 1. The Kier molecular flexibility index (Phi) is 2.93. The number of benzene rings is 1. The molecule has 0 saturated carbocycles. The van der Waals surface area contributed by atoms with E-state index in [1.807, 2.05) is 13.8 Å². The lowest BCUT2D eigenvalue weighted by molar-refractivity contribution is -0.119. The Balaban J connectivity index is 2.63. The van der Waals surface area contributed by atoms with Crippen LogP contribution in [0.15, 0.2) is 12.1 Å². The Morgan fingerprint density at radius 2 is 1.94 bits per heavy atom. The molecule has 3 nitrogen and oxygen atoms in total. The highest BCUT2D eigenvalue weighted by Crippen LogP contribution is 2.42. The molecule has 1 atom stereocenters. The van der Waals surface area contributed by atoms with Crippen LogP contribution in [0.4, 0.5) is 10.1 Å². The number of hydrogen-bond donors (Lipinski definition) is 2. The molecule has 1 heterocycles. The van der Waals surface area contributed by atoms with Crippen molar-refractivity contribution in [3.05, 3.63) is 29.1 Å². The number of carbonyl (C=O) groups is 1. The monoisotopic (exact) mass is 251 g/mol. The molecule has 1 aliphatic heterocycles. The molecule has 0 saturated heterocycles. The van der Waals surface area contributed by atoms with Gasteiger partial charge in [-0.3, -0.25) is 4.79 Å². The van der Waals surface area contributed by atoms with Crippen molar-refractivity contribution in [3.63, 3.8) is 0 Å². The van der Waals surface area contributed by atoms with Gasteiger partial charge >= 0.3 is 0 Å². The van der Waals surface area contributed by atoms with Crippen molar-refractivity contribution in [1.29, 1.82) is 0 Å². The fraction of sp³-hybridized carbons (Fsp3) is 0.500. The highest BCUT2D eigenvalue weighted by molar-refractivity contribution is 6.06. The number of amides is 1. The lowest BCUT2D eigenvalue weighted by Gasteiger charge is -2.20. The SMILES string of the molecule is CC(C)C(O)c1cc(F)cc2c1NC(=O)C2(C)C. The quantitative estimate of drug-likeness (QED) is 0.849. The van der Waals surface area contributed by atoms with Crippen LogP contribution in [0.5, 0.6) is 0 Å². The third kappa shape index (κ3) is 1.81. The summed E-state index contributed by atoms with van der Waals surface area (Å²) < 4.78 is 13.7. The molecule has 0 spiro atoms. The number of fused-ring (bicyclic) bond motifs is 1. The van der Waals surface area contributed by atoms with Crippen LogP contribution in [0.2, 0.25) is 0 Å². The van der Waals surface area contributed by atoms with E-state index in [4.69, 9.17) is 0 Å². The van der Waals surface area contributed by atoms with Crippen molar-refractivity contribution in [2.75, 3.05) is 5.32 Å². The second kappa shape index (κ2) is 4.05. The first-order valence-electron chi connectivity index (χ1n) is 6.08. The number of aliphatic hydroxyl groups is 1. The van der Waals surface area contributed by atoms with Crippen LogP contribution in [0, 0.1) is 11.7 Å². The van der Waals surface area contributed by atoms with Crippen LogP contribution in [0.1, 0.15) is 44.9 Å². The third-order valence-corrected chi connectivity index (χ3v) is 3.56. The molecule has 2 rings (SSSR count). The predicted octanol–water partition coefficient (Wildman–Crippen LogP) is 2.74. The molecule has 18 heavy (non-hydrogen) atoms. The molecule has 0 aromatic heterocycles. The van der Waals surface area contributed by atoms with Crippen LogP contribution in [-0.2, 0) is 10.2 Å². The second-order valence-corrected chi connectivity index (χ2v) is 5.69. The van der Waals surface area contributed by atoms with Gasteiger partial charge in [-0.15, -0.1) is 0 Å². The minimum Gasteiger partial charge on any atom is -0.388 e. The van der Waals surface area contributed by atoms with Gasteiger partial charge in [0.05, 0.1) is 17.2 Å². The Bertz CT molecular complexity index is 509. The zero-order valence-corrected chi connectivity index (χ0v) is 11.0. The van der Waals surface area contributed by atoms with Crippen LogP contribution in [-0.4, -0.2) is 11.0 Å². The third-order valence-electron chi connectivity index (χ3n) is 3.56. The molecule has 0 fully saturated rings. The van der Waals surface area contributed by atoms with Gasteiger partial charge in [0.25, 0.3) is 0 Å². The first kappa shape index (κ1) is 13.0. The predicted molar refractivity (Wildman–Crippen MR) is 67.9 cm³/mol. The maximum atomic E-state index is 13.7. The molecule has 0 bridgehead atoms. The van der Waals surface area contributed by atoms with Crippen molar-refractivity contribution in [2.24, 2.45) is 5.92 Å². The fourth-order valence-corrected chi connectivity index (χ4v) is 2.24. The van der Waals surface area contributed by atoms with Crippen LogP contribution >= 0.6 is 0 Å². The Hall–Kier alpha value is -1.42. The highest BCUT2D eigenvalue weighted by Gasteiger charge is 2.40. The summed E-state index contributed by atoms with van der Waals surface area (Å²) >= 11 is 0. The molecule has 2 N–H and O–H groups in total. The Morgan fingerprint density at radius 3 is 2.50 bits per heavy atom. The standard InChI is InChI=1S/C14H18FNO2/c1-7(2)12(17)9-5-8(15)6-10-11(9)16-13(18)14(10,3)4/h5-7,12,17H,1-4H3,(H,16,18). The molecule has 98 valence electrons. The molecule has 1 aromatic carbocycles. The Morgan fingerprint density at radius 1 is 1.33 bits per heavy atom. The van der Waals surface area contributed by atoms with Gasteiger partial charge in [0, 0.05) is 5.56 Å². The van der Waals surface area contributed by atoms with Gasteiger partial charge < -0.3 is 10.4 Å². The minimum absolute atomic E-state index is 0.0449. The summed E-state index contributed by atoms with van der Waals surface area (Å²) in [4.78, 5) is 11.9. The second-order valence-electron chi connectivity index (χ2n) is 5.69. The van der Waals surface area contributed by atoms with Crippen LogP contribution in [0.3, 0.4) is 0 Å². The van der Waals surface area contributed by atoms with Crippen LogP contribution < -0.4 is 5.32 Å². The zero-order chi connectivity index (χ0) is 13.7. The molecular formula is C14H18FNO2. The first-order chi connectivity index (χ1) is 8.25. The maximum absolute atomic E-state index is 13.7. The fourth-order valence-electron chi connectivity index (χ4n) is 2.24. The van der Waals surface area contributed by atoms with Crippen molar-refractivity contribution in [2.45, 2.75) is 39.2 Å². The number of carbonyl (C=O) groups excluding carboxylic acids is 1. The Labute approximate surface area is 106 Å². The number of rotatable bonds is 2. The topological polar surface area (TPSA) is 49.3 Å². The van der Waals surface area contributed by atoms with E-state index in [-0.39, 0.29) is 11.8 Å². The van der Waals surface area contributed by atoms with E-state index in [0.29, 0.717) is 16.8 Å². The molecule has 0 radical (unpaired) electrons. The van der Waals surface area contributed by atoms with Gasteiger partial charge in [-0.2, -0.15) is 0 Å². The first-order valence-corrected chi connectivity index (χ1v) is 6.08. The smallest absolute Gasteiger partial charge is 0.234 e. The molecule has 1 aliphatic rings. The van der Waals surface area contributed by atoms with Crippen molar-refractivity contribution in [3.8, 4) is 0 Å². The van der Waals surface area contributed by atoms with Gasteiger partial charge in [0.15, 0.2) is 0 Å². The molecular weight excluding hydrogens is 233 g/mol. The summed E-state index contributed by atoms with van der Waals surface area (Å²) in [6, 6.07) is 2.66. The minimum atomic E-state index is -0.788. The summed E-state index contributed by atoms with van der Waals surface area (Å²) in [5.41, 5.74) is 0.872. The summed E-state index contributed by atoms with van der Waals surface area (Å²) in [7, 11) is 0. The summed E-state index contributed by atoms with van der Waals surface area (Å²) in [6.07, 6.45) is -0.788. The van der Waals surface area contributed by atoms with E-state index in [1.165, 1.54) is 12.1 Å². The number of nitrogens with one attached hydrogen (secondary N) is 1. The van der Waals surface area contributed by atoms with Crippen LogP contribution in [0.25, 0.3) is 0 Å². The molecule has 0 aliphatic carbocycles. The summed E-state index contributed by atoms with van der Waals surface area (Å²) in [5, 5.41) is 12.9.